The Morgan fingerprint density at radius 3 is 2.45 bits per heavy atom. The van der Waals surface area contributed by atoms with Crippen molar-refractivity contribution in [1.29, 1.82) is 0 Å². The minimum Gasteiger partial charge on any atom is -0.357 e. The predicted molar refractivity (Wildman–Crippen MR) is 80.8 cm³/mol. The van der Waals surface area contributed by atoms with Crippen LogP contribution in [0.1, 0.15) is 25.8 Å². The van der Waals surface area contributed by atoms with Crippen molar-refractivity contribution in [3.8, 4) is 0 Å². The summed E-state index contributed by atoms with van der Waals surface area (Å²) in [5.74, 6) is -0.293. The molecule has 1 unspecified atom stereocenters. The second-order valence-electron chi connectivity index (χ2n) is 4.41. The summed E-state index contributed by atoms with van der Waals surface area (Å²) in [6, 6.07) is 4.64. The Balaban J connectivity index is 2.97. The average molecular weight is 317 g/mol. The molecule has 1 N–H and O–H groups in total. The van der Waals surface area contributed by atoms with Crippen LogP contribution in [-0.4, -0.2) is 29.8 Å². The first-order chi connectivity index (χ1) is 9.40. The first-order valence-corrected chi connectivity index (χ1v) is 7.11. The number of carbonyl (C=O) groups is 2. The van der Waals surface area contributed by atoms with Gasteiger partial charge in [0.25, 0.3) is 0 Å². The summed E-state index contributed by atoms with van der Waals surface area (Å²) in [6.07, 6.45) is 0.336. The van der Waals surface area contributed by atoms with E-state index in [1.165, 1.54) is 4.90 Å². The number of halogens is 2. The van der Waals surface area contributed by atoms with Crippen LogP contribution in [-0.2, 0) is 16.1 Å². The molecule has 1 aromatic rings. The van der Waals surface area contributed by atoms with E-state index in [0.717, 1.165) is 5.56 Å². The van der Waals surface area contributed by atoms with Gasteiger partial charge in [0, 0.05) is 20.0 Å². The molecule has 0 fully saturated rings. The number of hydrogen-bond donors (Lipinski definition) is 1. The standard InChI is InChI=1S/C14H18Cl2N2O2/c1-4-13(19)18(9(2)14(20)17-3)8-10-5-6-11(15)12(16)7-10/h5-7,9H,4,8H2,1-3H3,(H,17,20). The van der Waals surface area contributed by atoms with Crippen LogP contribution in [0.25, 0.3) is 0 Å². The van der Waals surface area contributed by atoms with Crippen LogP contribution in [0.4, 0.5) is 0 Å². The highest BCUT2D eigenvalue weighted by Crippen LogP contribution is 2.23. The molecule has 20 heavy (non-hydrogen) atoms. The molecule has 1 atom stereocenters. The maximum absolute atomic E-state index is 12.0. The molecule has 0 aromatic heterocycles. The molecule has 4 nitrogen and oxygen atoms in total. The van der Waals surface area contributed by atoms with Crippen molar-refractivity contribution in [2.75, 3.05) is 7.05 Å². The molecule has 0 aliphatic carbocycles. The number of nitrogens with one attached hydrogen (secondary N) is 1. The fourth-order valence-corrected chi connectivity index (χ4v) is 2.15. The SMILES string of the molecule is CCC(=O)N(Cc1ccc(Cl)c(Cl)c1)C(C)C(=O)NC. The monoisotopic (exact) mass is 316 g/mol. The van der Waals surface area contributed by atoms with Crippen molar-refractivity contribution >= 4 is 35.0 Å². The second kappa shape index (κ2) is 7.50. The van der Waals surface area contributed by atoms with E-state index in [0.29, 0.717) is 23.0 Å². The van der Waals surface area contributed by atoms with E-state index < -0.39 is 6.04 Å². The summed E-state index contributed by atoms with van der Waals surface area (Å²) in [7, 11) is 1.55. The molecule has 0 saturated heterocycles. The van der Waals surface area contributed by atoms with E-state index >= 15 is 0 Å². The van der Waals surface area contributed by atoms with E-state index in [1.807, 2.05) is 0 Å². The molecule has 0 aliphatic rings. The Kier molecular flexibility index (Phi) is 6.30. The van der Waals surface area contributed by atoms with E-state index in [1.54, 1.807) is 39.1 Å². The summed E-state index contributed by atoms with van der Waals surface area (Å²) in [5.41, 5.74) is 0.831. The molecule has 0 radical (unpaired) electrons. The molecular formula is C14H18Cl2N2O2. The van der Waals surface area contributed by atoms with Crippen molar-refractivity contribution in [2.45, 2.75) is 32.9 Å². The lowest BCUT2D eigenvalue weighted by Gasteiger charge is -2.28. The topological polar surface area (TPSA) is 49.4 Å². The molecule has 1 aromatic carbocycles. The maximum Gasteiger partial charge on any atom is 0.242 e. The lowest BCUT2D eigenvalue weighted by molar-refractivity contribution is -0.140. The van der Waals surface area contributed by atoms with Gasteiger partial charge in [-0.05, 0) is 24.6 Å². The van der Waals surface area contributed by atoms with Gasteiger partial charge in [0.2, 0.25) is 11.8 Å². The van der Waals surface area contributed by atoms with Gasteiger partial charge in [-0.25, -0.2) is 0 Å². The maximum atomic E-state index is 12.0. The van der Waals surface area contributed by atoms with Crippen molar-refractivity contribution in [3.63, 3.8) is 0 Å². The van der Waals surface area contributed by atoms with Gasteiger partial charge in [-0.2, -0.15) is 0 Å². The van der Waals surface area contributed by atoms with E-state index in [-0.39, 0.29) is 11.8 Å². The van der Waals surface area contributed by atoms with Crippen molar-refractivity contribution in [3.05, 3.63) is 33.8 Å². The number of carbonyl (C=O) groups excluding carboxylic acids is 2. The molecule has 0 heterocycles. The number of rotatable bonds is 5. The zero-order valence-corrected chi connectivity index (χ0v) is 13.3. The van der Waals surface area contributed by atoms with Crippen LogP contribution in [0.5, 0.6) is 0 Å². The van der Waals surface area contributed by atoms with E-state index in [9.17, 15) is 9.59 Å². The smallest absolute Gasteiger partial charge is 0.242 e. The van der Waals surface area contributed by atoms with Crippen LogP contribution in [0.2, 0.25) is 10.0 Å². The average Bonchev–Trinajstić information content (AvgIpc) is 2.45. The molecule has 0 spiro atoms. The summed E-state index contributed by atoms with van der Waals surface area (Å²) in [5, 5.41) is 3.44. The van der Waals surface area contributed by atoms with Gasteiger partial charge in [-0.1, -0.05) is 36.2 Å². The van der Waals surface area contributed by atoms with Gasteiger partial charge in [0.15, 0.2) is 0 Å². The Labute approximate surface area is 129 Å². The minimum atomic E-state index is -0.540. The Morgan fingerprint density at radius 1 is 1.30 bits per heavy atom. The molecule has 6 heteroatoms. The highest BCUT2D eigenvalue weighted by atomic mass is 35.5. The molecule has 2 amide bonds. The number of likely N-dealkylation sites (N-methyl/N-ethyl adjacent to an activating group) is 1. The molecule has 0 aliphatic heterocycles. The van der Waals surface area contributed by atoms with Crippen molar-refractivity contribution in [1.82, 2.24) is 10.2 Å². The highest BCUT2D eigenvalue weighted by Gasteiger charge is 2.24. The Morgan fingerprint density at radius 2 is 1.95 bits per heavy atom. The molecule has 0 bridgehead atoms. The van der Waals surface area contributed by atoms with Crippen LogP contribution in [0.15, 0.2) is 18.2 Å². The number of nitrogens with zero attached hydrogens (tertiary/aromatic N) is 1. The third kappa shape index (κ3) is 4.12. The molecule has 0 saturated carbocycles. The zero-order chi connectivity index (χ0) is 15.3. The van der Waals surface area contributed by atoms with Crippen LogP contribution < -0.4 is 5.32 Å². The van der Waals surface area contributed by atoms with Crippen LogP contribution in [0.3, 0.4) is 0 Å². The van der Waals surface area contributed by atoms with Crippen LogP contribution >= 0.6 is 23.2 Å². The Hall–Kier alpha value is -1.26. The van der Waals surface area contributed by atoms with Gasteiger partial charge < -0.3 is 10.2 Å². The van der Waals surface area contributed by atoms with Gasteiger partial charge in [0.05, 0.1) is 10.0 Å². The van der Waals surface area contributed by atoms with Gasteiger partial charge >= 0.3 is 0 Å². The van der Waals surface area contributed by atoms with Gasteiger partial charge in [-0.3, -0.25) is 9.59 Å². The summed E-state index contributed by atoms with van der Waals surface area (Å²) in [4.78, 5) is 25.3. The summed E-state index contributed by atoms with van der Waals surface area (Å²) in [6.45, 7) is 3.78. The van der Waals surface area contributed by atoms with E-state index in [4.69, 9.17) is 23.2 Å². The number of amides is 2. The van der Waals surface area contributed by atoms with Crippen LogP contribution in [0, 0.1) is 0 Å². The third-order valence-corrected chi connectivity index (χ3v) is 3.79. The van der Waals surface area contributed by atoms with Gasteiger partial charge in [0.1, 0.15) is 6.04 Å². The largest absolute Gasteiger partial charge is 0.357 e. The summed E-state index contributed by atoms with van der Waals surface area (Å²) >= 11 is 11.8. The highest BCUT2D eigenvalue weighted by molar-refractivity contribution is 6.42. The lowest BCUT2D eigenvalue weighted by Crippen LogP contribution is -2.46. The molecule has 1 rings (SSSR count). The number of hydrogen-bond acceptors (Lipinski definition) is 2. The second-order valence-corrected chi connectivity index (χ2v) is 5.23. The normalized spacial score (nSPS) is 11.8. The van der Waals surface area contributed by atoms with Crippen molar-refractivity contribution in [2.24, 2.45) is 0 Å². The molecular weight excluding hydrogens is 299 g/mol. The van der Waals surface area contributed by atoms with E-state index in [2.05, 4.69) is 5.32 Å². The fourth-order valence-electron chi connectivity index (χ4n) is 1.83. The molecule has 110 valence electrons. The first-order valence-electron chi connectivity index (χ1n) is 6.35. The van der Waals surface area contributed by atoms with Crippen molar-refractivity contribution < 1.29 is 9.59 Å². The Bertz CT molecular complexity index is 506. The predicted octanol–water partition coefficient (Wildman–Crippen LogP) is 2.87. The lowest BCUT2D eigenvalue weighted by atomic mass is 10.1. The third-order valence-electron chi connectivity index (χ3n) is 3.05. The summed E-state index contributed by atoms with van der Waals surface area (Å²) < 4.78 is 0. The first kappa shape index (κ1) is 16.8. The quantitative estimate of drug-likeness (QED) is 0.908. The van der Waals surface area contributed by atoms with Gasteiger partial charge in [-0.15, -0.1) is 0 Å². The minimum absolute atomic E-state index is 0.0906. The fraction of sp³-hybridized carbons (Fsp3) is 0.429. The number of benzene rings is 1. The zero-order valence-electron chi connectivity index (χ0n) is 11.7.